The Morgan fingerprint density at radius 1 is 1.00 bits per heavy atom. The summed E-state index contributed by atoms with van der Waals surface area (Å²) in [6.45, 7) is 2.09. The number of ketones is 1. The molecule has 0 heterocycles. The first-order valence-electron chi connectivity index (χ1n) is 7.61. The van der Waals surface area contributed by atoms with Gasteiger partial charge in [0.25, 0.3) is 0 Å². The number of aryl methyl sites for hydroxylation is 1. The third-order valence-electron chi connectivity index (χ3n) is 3.35. The second-order valence-corrected chi connectivity index (χ2v) is 5.55. The summed E-state index contributed by atoms with van der Waals surface area (Å²) < 4.78 is 0. The monoisotopic (exact) mass is 341 g/mol. The van der Waals surface area contributed by atoms with Crippen LogP contribution >= 0.6 is 12.2 Å². The minimum absolute atomic E-state index is 0.112. The number of Topliss-reactive ketones (excluding diaryl/α,β-unsaturated/α-hetero) is 1. The molecule has 5 nitrogen and oxygen atoms in total. The van der Waals surface area contributed by atoms with Gasteiger partial charge in [-0.25, -0.2) is 0 Å². The molecule has 0 aliphatic heterocycles. The van der Waals surface area contributed by atoms with Crippen molar-refractivity contribution in [2.24, 2.45) is 0 Å². The highest BCUT2D eigenvalue weighted by atomic mass is 32.1. The molecule has 3 N–H and O–H groups in total. The molecule has 0 radical (unpaired) electrons. The van der Waals surface area contributed by atoms with Crippen LogP contribution in [0.3, 0.4) is 0 Å². The van der Waals surface area contributed by atoms with Gasteiger partial charge in [0.2, 0.25) is 5.91 Å². The fourth-order valence-electron chi connectivity index (χ4n) is 2.03. The Hall–Kier alpha value is -2.73. The van der Waals surface area contributed by atoms with E-state index in [-0.39, 0.29) is 17.3 Å². The molecule has 0 aliphatic carbocycles. The van der Waals surface area contributed by atoms with Gasteiger partial charge in [0.15, 0.2) is 10.9 Å². The van der Waals surface area contributed by atoms with E-state index in [9.17, 15) is 9.59 Å². The van der Waals surface area contributed by atoms with Gasteiger partial charge in [-0.2, -0.15) is 0 Å². The lowest BCUT2D eigenvalue weighted by Crippen LogP contribution is -2.42. The number of hydrogen-bond donors (Lipinski definition) is 3. The molecule has 0 fully saturated rings. The predicted octanol–water partition coefficient (Wildman–Crippen LogP) is 2.84. The summed E-state index contributed by atoms with van der Waals surface area (Å²) >= 11 is 5.03. The molecule has 2 aromatic rings. The van der Waals surface area contributed by atoms with Gasteiger partial charge in [0.05, 0.1) is 12.1 Å². The molecule has 0 saturated heterocycles. The first kappa shape index (κ1) is 17.6. The summed E-state index contributed by atoms with van der Waals surface area (Å²) in [5.74, 6) is -0.705. The van der Waals surface area contributed by atoms with E-state index in [0.717, 1.165) is 12.1 Å². The van der Waals surface area contributed by atoms with Gasteiger partial charge in [-0.1, -0.05) is 49.4 Å². The fraction of sp³-hybridized carbons (Fsp3) is 0.167. The van der Waals surface area contributed by atoms with E-state index in [2.05, 4.69) is 23.1 Å². The minimum atomic E-state index is -0.454. The summed E-state index contributed by atoms with van der Waals surface area (Å²) in [6, 6.07) is 16.5. The number of anilines is 1. The molecule has 24 heavy (non-hydrogen) atoms. The summed E-state index contributed by atoms with van der Waals surface area (Å²) in [6.07, 6.45) is 0.717. The number of hydrazine groups is 1. The molecule has 2 aromatic carbocycles. The fourth-order valence-corrected chi connectivity index (χ4v) is 2.19. The maximum atomic E-state index is 11.9. The number of thiocarbonyl (C=S) groups is 1. The van der Waals surface area contributed by atoms with Crippen LogP contribution in [0.5, 0.6) is 0 Å². The Kier molecular flexibility index (Phi) is 6.45. The standard InChI is InChI=1S/C18H19N3O2S/c1-2-13-8-10-15(11-9-13)20-21-18(24)19-17(23)12-16(22)14-6-4-3-5-7-14/h3-11,20H,2,12H2,1H3,(H2,19,21,23,24). The zero-order valence-electron chi connectivity index (χ0n) is 13.3. The van der Waals surface area contributed by atoms with Crippen LogP contribution in [0.25, 0.3) is 0 Å². The maximum Gasteiger partial charge on any atom is 0.233 e. The van der Waals surface area contributed by atoms with Gasteiger partial charge in [-0.15, -0.1) is 0 Å². The van der Waals surface area contributed by atoms with Crippen LogP contribution in [0.4, 0.5) is 5.69 Å². The Bertz CT molecular complexity index is 715. The molecule has 0 unspecified atom stereocenters. The van der Waals surface area contributed by atoms with Gasteiger partial charge in [-0.05, 0) is 36.3 Å². The number of benzene rings is 2. The number of hydrogen-bond acceptors (Lipinski definition) is 4. The first-order valence-corrected chi connectivity index (χ1v) is 8.02. The van der Waals surface area contributed by atoms with Crippen molar-refractivity contribution in [3.05, 3.63) is 65.7 Å². The average Bonchev–Trinajstić information content (AvgIpc) is 2.61. The number of rotatable bonds is 6. The zero-order chi connectivity index (χ0) is 17.4. The number of nitrogens with one attached hydrogen (secondary N) is 3. The molecule has 0 spiro atoms. The van der Waals surface area contributed by atoms with Crippen LogP contribution in [0.15, 0.2) is 54.6 Å². The summed E-state index contributed by atoms with van der Waals surface area (Å²) in [5, 5.41) is 2.58. The Morgan fingerprint density at radius 3 is 2.29 bits per heavy atom. The second kappa shape index (κ2) is 8.79. The van der Waals surface area contributed by atoms with Crippen LogP contribution in [-0.2, 0) is 11.2 Å². The lowest BCUT2D eigenvalue weighted by Gasteiger charge is -2.12. The first-order chi connectivity index (χ1) is 11.6. The molecular weight excluding hydrogens is 322 g/mol. The minimum Gasteiger partial charge on any atom is -0.301 e. The van der Waals surface area contributed by atoms with Crippen LogP contribution in [0, 0.1) is 0 Å². The van der Waals surface area contributed by atoms with Gasteiger partial charge in [-0.3, -0.25) is 20.4 Å². The van der Waals surface area contributed by atoms with Crippen LogP contribution < -0.4 is 16.2 Å². The Balaban J connectivity index is 1.77. The van der Waals surface area contributed by atoms with Gasteiger partial charge in [0, 0.05) is 5.56 Å². The molecule has 2 rings (SSSR count). The average molecular weight is 341 g/mol. The highest BCUT2D eigenvalue weighted by Crippen LogP contribution is 2.08. The molecule has 0 atom stereocenters. The topological polar surface area (TPSA) is 70.2 Å². The molecule has 0 aliphatic rings. The van der Waals surface area contributed by atoms with E-state index in [1.54, 1.807) is 24.3 Å². The van der Waals surface area contributed by atoms with Gasteiger partial charge < -0.3 is 5.32 Å². The number of carbonyl (C=O) groups is 2. The summed E-state index contributed by atoms with van der Waals surface area (Å²) in [7, 11) is 0. The van der Waals surface area contributed by atoms with Crippen molar-refractivity contribution in [2.75, 3.05) is 5.43 Å². The largest absolute Gasteiger partial charge is 0.301 e. The Morgan fingerprint density at radius 2 is 1.67 bits per heavy atom. The van der Waals surface area contributed by atoms with Gasteiger partial charge >= 0.3 is 0 Å². The van der Waals surface area contributed by atoms with Crippen molar-refractivity contribution in [1.29, 1.82) is 0 Å². The van der Waals surface area contributed by atoms with Crippen molar-refractivity contribution in [3.8, 4) is 0 Å². The third-order valence-corrected chi connectivity index (χ3v) is 3.56. The van der Waals surface area contributed by atoms with Gasteiger partial charge in [0.1, 0.15) is 0 Å². The Labute approximate surface area is 146 Å². The predicted molar refractivity (Wildman–Crippen MR) is 98.7 cm³/mol. The maximum absolute atomic E-state index is 11.9. The molecule has 1 amide bonds. The van der Waals surface area contributed by atoms with E-state index in [1.165, 1.54) is 5.56 Å². The molecule has 124 valence electrons. The molecule has 0 aromatic heterocycles. The van der Waals surface area contributed by atoms with E-state index >= 15 is 0 Å². The van der Waals surface area contributed by atoms with E-state index in [1.807, 2.05) is 30.3 Å². The molecule has 6 heteroatoms. The van der Waals surface area contributed by atoms with E-state index < -0.39 is 5.91 Å². The number of carbonyl (C=O) groups excluding carboxylic acids is 2. The highest BCUT2D eigenvalue weighted by molar-refractivity contribution is 7.80. The highest BCUT2D eigenvalue weighted by Gasteiger charge is 2.12. The smallest absolute Gasteiger partial charge is 0.233 e. The van der Waals surface area contributed by atoms with Crippen molar-refractivity contribution in [1.82, 2.24) is 10.7 Å². The summed E-state index contributed by atoms with van der Waals surface area (Å²) in [5.41, 5.74) is 8.17. The lowest BCUT2D eigenvalue weighted by atomic mass is 10.1. The van der Waals surface area contributed by atoms with Crippen molar-refractivity contribution < 1.29 is 9.59 Å². The van der Waals surface area contributed by atoms with Crippen LogP contribution in [-0.4, -0.2) is 16.8 Å². The second-order valence-electron chi connectivity index (χ2n) is 5.14. The molecule has 0 bridgehead atoms. The quantitative estimate of drug-likeness (QED) is 0.326. The van der Waals surface area contributed by atoms with Crippen LogP contribution in [0.2, 0.25) is 0 Å². The SMILES string of the molecule is CCc1ccc(NNC(=S)NC(=O)CC(=O)c2ccccc2)cc1. The normalized spacial score (nSPS) is 9.88. The third kappa shape index (κ3) is 5.48. The number of amides is 1. The van der Waals surface area contributed by atoms with Crippen molar-refractivity contribution >= 4 is 34.7 Å². The molecule has 0 saturated carbocycles. The van der Waals surface area contributed by atoms with E-state index in [4.69, 9.17) is 12.2 Å². The van der Waals surface area contributed by atoms with Crippen molar-refractivity contribution in [2.45, 2.75) is 19.8 Å². The van der Waals surface area contributed by atoms with E-state index in [0.29, 0.717) is 5.56 Å². The zero-order valence-corrected chi connectivity index (χ0v) is 14.2. The molecular formula is C18H19N3O2S. The van der Waals surface area contributed by atoms with Crippen LogP contribution in [0.1, 0.15) is 29.3 Å². The summed E-state index contributed by atoms with van der Waals surface area (Å²) in [4.78, 5) is 23.8. The lowest BCUT2D eigenvalue weighted by molar-refractivity contribution is -0.118. The van der Waals surface area contributed by atoms with Crippen molar-refractivity contribution in [3.63, 3.8) is 0 Å².